The van der Waals surface area contributed by atoms with Gasteiger partial charge in [0.25, 0.3) is 16.0 Å². The number of carbonyl (C=O) groups excluding carboxylic acids is 4. The number of hydrogen-bond donors (Lipinski definition) is 6. The second kappa shape index (κ2) is 12.2. The van der Waals surface area contributed by atoms with Crippen molar-refractivity contribution in [3.63, 3.8) is 0 Å². The molecule has 21 heteroatoms. The van der Waals surface area contributed by atoms with Crippen LogP contribution in [0.1, 0.15) is 17.9 Å². The zero-order valence-corrected chi connectivity index (χ0v) is 22.6. The Kier molecular flexibility index (Phi) is 9.35. The number of fused-ring (bicyclic) bond motifs is 1. The van der Waals surface area contributed by atoms with Gasteiger partial charge in [-0.05, 0) is 0 Å². The van der Waals surface area contributed by atoms with Gasteiger partial charge >= 0.3 is 24.0 Å². The Morgan fingerprint density at radius 3 is 2.50 bits per heavy atom. The van der Waals surface area contributed by atoms with Crippen LogP contribution in [0.25, 0.3) is 0 Å². The molecule has 0 bridgehead atoms. The number of ether oxygens (including phenoxy) is 2. The smallest absolute Gasteiger partial charge is 0.413 e. The summed E-state index contributed by atoms with van der Waals surface area (Å²) in [5.41, 5.74) is 4.39. The molecular formula is C19H21N5O13S3. The highest BCUT2D eigenvalue weighted by molar-refractivity contribution is 8.00. The number of β-lactam (4-membered cyclic amide) rings is 1. The number of nitrogens with zero attached hydrogens (tertiary/aromatic N) is 2. The van der Waals surface area contributed by atoms with E-state index in [1.54, 1.807) is 0 Å². The minimum absolute atomic E-state index is 0.0199. The van der Waals surface area contributed by atoms with Crippen molar-refractivity contribution >= 4 is 74.2 Å². The van der Waals surface area contributed by atoms with Crippen LogP contribution in [0.15, 0.2) is 16.7 Å². The summed E-state index contributed by atoms with van der Waals surface area (Å²) < 4.78 is 43.3. The van der Waals surface area contributed by atoms with E-state index in [0.29, 0.717) is 11.3 Å². The van der Waals surface area contributed by atoms with Crippen molar-refractivity contribution in [2.75, 3.05) is 24.3 Å². The number of carboxylic acids is 2. The highest BCUT2D eigenvalue weighted by Crippen LogP contribution is 2.41. The second-order valence-corrected chi connectivity index (χ2v) is 11.5. The second-order valence-electron chi connectivity index (χ2n) is 8.07. The molecule has 1 fully saturated rings. The molecule has 0 radical (unpaired) electrons. The maximum atomic E-state index is 12.9. The van der Waals surface area contributed by atoms with E-state index in [4.69, 9.17) is 15.6 Å². The number of rotatable bonds is 11. The molecule has 7 N–H and O–H groups in total. The molecule has 18 nitrogen and oxygen atoms in total. The van der Waals surface area contributed by atoms with Crippen LogP contribution in [0, 0.1) is 0 Å². The summed E-state index contributed by atoms with van der Waals surface area (Å²) >= 11 is 1.66. The summed E-state index contributed by atoms with van der Waals surface area (Å²) in [6, 6.07) is -2.86. The number of nitrogens with two attached hydrogens (primary N) is 1. The summed E-state index contributed by atoms with van der Waals surface area (Å²) in [5, 5.41) is 20.0. The Hall–Kier alpha value is -3.79. The minimum Gasteiger partial charge on any atom is -0.480 e. The van der Waals surface area contributed by atoms with E-state index in [2.05, 4.69) is 20.4 Å². The van der Waals surface area contributed by atoms with Crippen LogP contribution in [-0.4, -0.2) is 105 Å². The van der Waals surface area contributed by atoms with Gasteiger partial charge in [0, 0.05) is 23.6 Å². The first-order chi connectivity index (χ1) is 18.6. The van der Waals surface area contributed by atoms with Gasteiger partial charge in [0.1, 0.15) is 36.4 Å². The molecule has 3 rings (SSSR count). The quantitative estimate of drug-likeness (QED) is 0.0913. The van der Waals surface area contributed by atoms with Gasteiger partial charge in [-0.1, -0.05) is 0 Å². The van der Waals surface area contributed by atoms with Gasteiger partial charge in [0.05, 0.1) is 5.69 Å². The van der Waals surface area contributed by atoms with Crippen molar-refractivity contribution < 1.29 is 61.4 Å². The Bertz CT molecular complexity index is 1390. The molecule has 1 aromatic heterocycles. The maximum Gasteiger partial charge on any atom is 0.413 e. The predicted octanol–water partition coefficient (Wildman–Crippen LogP) is -1.67. The third-order valence-electron chi connectivity index (χ3n) is 5.24. The first-order valence-electron chi connectivity index (χ1n) is 10.8. The van der Waals surface area contributed by atoms with Gasteiger partial charge < -0.3 is 30.7 Å². The fourth-order valence-electron chi connectivity index (χ4n) is 3.46. The number of carboxylic acid groups (broad SMARTS) is 2. The summed E-state index contributed by atoms with van der Waals surface area (Å²) in [6.07, 6.45) is -1.18. The summed E-state index contributed by atoms with van der Waals surface area (Å²) in [6.45, 7) is 0.0601. The molecule has 3 heterocycles. The van der Waals surface area contributed by atoms with Crippen LogP contribution < -0.4 is 16.4 Å². The molecule has 40 heavy (non-hydrogen) atoms. The van der Waals surface area contributed by atoms with Gasteiger partial charge in [-0.25, -0.2) is 14.6 Å². The van der Waals surface area contributed by atoms with Crippen molar-refractivity contribution in [2.45, 2.75) is 29.6 Å². The van der Waals surface area contributed by atoms with Crippen molar-refractivity contribution in [1.29, 1.82) is 0 Å². The van der Waals surface area contributed by atoms with Crippen LogP contribution in [0.2, 0.25) is 0 Å². The van der Waals surface area contributed by atoms with Gasteiger partial charge in [-0.2, -0.15) is 8.42 Å². The van der Waals surface area contributed by atoms with Crippen LogP contribution in [0.5, 0.6) is 0 Å². The van der Waals surface area contributed by atoms with Gasteiger partial charge in [-0.15, -0.1) is 23.1 Å². The van der Waals surface area contributed by atoms with Crippen LogP contribution >= 0.6 is 23.1 Å². The van der Waals surface area contributed by atoms with E-state index >= 15 is 0 Å². The number of aromatic nitrogens is 1. The molecular weight excluding hydrogens is 602 g/mol. The number of thioether (sulfide) groups is 1. The average Bonchev–Trinajstić information content (AvgIpc) is 3.29. The highest BCUT2D eigenvalue weighted by Gasteiger charge is 2.55. The Balaban J connectivity index is 1.72. The summed E-state index contributed by atoms with van der Waals surface area (Å²) in [5.74, 6) is -5.80. The number of anilines is 1. The lowest BCUT2D eigenvalue weighted by atomic mass is 10.0. The van der Waals surface area contributed by atoms with E-state index in [-0.39, 0.29) is 23.1 Å². The van der Waals surface area contributed by atoms with Crippen LogP contribution in [0.4, 0.5) is 9.93 Å². The molecule has 2 aliphatic rings. The number of nitrogens with one attached hydrogen (secondary N) is 2. The number of aliphatic carboxylic acids is 2. The van der Waals surface area contributed by atoms with Crippen molar-refractivity contribution in [3.05, 3.63) is 22.3 Å². The van der Waals surface area contributed by atoms with E-state index < -0.39 is 86.6 Å². The minimum atomic E-state index is -5.17. The zero-order valence-electron chi connectivity index (χ0n) is 20.1. The molecule has 1 saturated heterocycles. The highest BCUT2D eigenvalue weighted by atomic mass is 32.2. The van der Waals surface area contributed by atoms with E-state index in [0.717, 1.165) is 29.0 Å². The van der Waals surface area contributed by atoms with Crippen molar-refractivity contribution in [2.24, 2.45) is 5.73 Å². The first-order valence-corrected chi connectivity index (χ1v) is 14.2. The lowest BCUT2D eigenvalue weighted by Gasteiger charge is -2.49. The van der Waals surface area contributed by atoms with Crippen molar-refractivity contribution in [1.82, 2.24) is 15.2 Å². The van der Waals surface area contributed by atoms with Gasteiger partial charge in [-0.3, -0.25) is 33.9 Å². The predicted molar refractivity (Wildman–Crippen MR) is 133 cm³/mol. The monoisotopic (exact) mass is 623 g/mol. The number of esters is 1. The van der Waals surface area contributed by atoms with E-state index in [9.17, 15) is 46.8 Å². The number of hydrogen-bond acceptors (Lipinski definition) is 14. The molecule has 1 aromatic rings. The van der Waals surface area contributed by atoms with Crippen molar-refractivity contribution in [3.8, 4) is 0 Å². The first kappa shape index (κ1) is 30.7. The van der Waals surface area contributed by atoms with Gasteiger partial charge in [0.2, 0.25) is 11.2 Å². The molecule has 0 saturated carbocycles. The van der Waals surface area contributed by atoms with Crippen LogP contribution in [0.3, 0.4) is 0 Å². The van der Waals surface area contributed by atoms with E-state index in [1.807, 2.05) is 0 Å². The third kappa shape index (κ3) is 6.85. The molecule has 218 valence electrons. The average molecular weight is 624 g/mol. The maximum absolute atomic E-state index is 12.9. The summed E-state index contributed by atoms with van der Waals surface area (Å²) in [4.78, 5) is 75.7. The summed E-state index contributed by atoms with van der Waals surface area (Å²) in [7, 11) is -5.17. The number of thiazole rings is 1. The van der Waals surface area contributed by atoms with Crippen LogP contribution in [-0.2, 0) is 43.6 Å². The van der Waals surface area contributed by atoms with E-state index in [1.165, 1.54) is 0 Å². The molecule has 2 aliphatic heterocycles. The standard InChI is InChI=1S/C19H21N5O13S3/c1-6(25)36-2-7-4-38-15-10(14(27)24(15)11(7)17(30)31)22-13(26)12(40(33,34)35)9-5-39-18(21-9)23-19(32)37-3-8(20)16(28)29/h5,8,10,12,15H,2-4,20H2,1H3,(H,22,26)(H,28,29)(H,30,31)(H,21,23,32)(H,33,34,35)/t8-,10-,12?,15+/m1/s1. The SMILES string of the molecule is CC(=O)OCC1=C(C(=O)O)N2C(=O)[C@@H](NC(=O)C(c3csc(NC(=O)OC[C@@H](N)C(=O)O)n3)S(=O)(=O)O)[C@@H]2SC1. The molecule has 0 aromatic carbocycles. The Morgan fingerprint density at radius 2 is 1.93 bits per heavy atom. The molecule has 1 unspecified atom stereocenters. The Morgan fingerprint density at radius 1 is 1.25 bits per heavy atom. The molecule has 3 amide bonds. The number of amides is 3. The Labute approximate surface area is 232 Å². The number of carbonyl (C=O) groups is 6. The molecule has 0 aliphatic carbocycles. The lowest BCUT2D eigenvalue weighted by molar-refractivity contribution is -0.151. The third-order valence-corrected chi connectivity index (χ3v) is 8.41. The lowest BCUT2D eigenvalue weighted by Crippen LogP contribution is -2.71. The van der Waals surface area contributed by atoms with Gasteiger partial charge in [0.15, 0.2) is 5.13 Å². The normalized spacial score (nSPS) is 20.0. The fourth-order valence-corrected chi connectivity index (χ4v) is 6.36. The largest absolute Gasteiger partial charge is 0.480 e. The molecule has 0 spiro atoms. The topological polar surface area (TPSA) is 282 Å². The fraction of sp³-hybridized carbons (Fsp3) is 0.421. The molecule has 4 atom stereocenters. The zero-order chi connectivity index (χ0) is 29.9.